The Morgan fingerprint density at radius 2 is 1.52 bits per heavy atom. The maximum absolute atomic E-state index is 9.62. The Labute approximate surface area is 138 Å². The maximum Gasteiger partial charge on any atom is 0.200 e. The van der Waals surface area contributed by atoms with Crippen LogP contribution in [-0.4, -0.2) is 59.5 Å². The fourth-order valence-corrected chi connectivity index (χ4v) is 3.34. The van der Waals surface area contributed by atoms with E-state index in [-0.39, 0.29) is 43.4 Å². The summed E-state index contributed by atoms with van der Waals surface area (Å²) >= 11 is 0. The molecule has 0 saturated carbocycles. The van der Waals surface area contributed by atoms with Crippen LogP contribution in [0.1, 0.15) is 47.5 Å². The van der Waals surface area contributed by atoms with Crippen molar-refractivity contribution in [3.63, 3.8) is 0 Å². The van der Waals surface area contributed by atoms with Gasteiger partial charge in [0.25, 0.3) is 0 Å². The van der Waals surface area contributed by atoms with Gasteiger partial charge in [-0.1, -0.05) is 27.7 Å². The van der Waals surface area contributed by atoms with Crippen LogP contribution in [0.2, 0.25) is 0 Å². The second kappa shape index (κ2) is 7.18. The van der Waals surface area contributed by atoms with Crippen molar-refractivity contribution in [3.8, 4) is 0 Å². The maximum atomic E-state index is 9.62. The summed E-state index contributed by atoms with van der Waals surface area (Å²) in [6, 6.07) is -0.477. The fraction of sp³-hybridized carbons (Fsp3) is 0.882. The lowest BCUT2D eigenvalue weighted by molar-refractivity contribution is 0.0983. The van der Waals surface area contributed by atoms with E-state index in [0.717, 1.165) is 12.8 Å². The minimum atomic E-state index is -0.519. The second-order valence-corrected chi connectivity index (χ2v) is 6.81. The molecule has 6 heteroatoms. The molecule has 4 unspecified atom stereocenters. The van der Waals surface area contributed by atoms with E-state index in [1.54, 1.807) is 0 Å². The van der Waals surface area contributed by atoms with Crippen molar-refractivity contribution in [3.05, 3.63) is 0 Å². The zero-order chi connectivity index (χ0) is 17.2. The van der Waals surface area contributed by atoms with E-state index in [9.17, 15) is 10.2 Å². The largest absolute Gasteiger partial charge is 0.475 e. The molecule has 0 aliphatic carbocycles. The molecule has 0 spiro atoms. The number of hydrogen-bond donors (Lipinski definition) is 2. The van der Waals surface area contributed by atoms with E-state index < -0.39 is 5.41 Å². The Morgan fingerprint density at radius 1 is 1.00 bits per heavy atom. The molecule has 2 heterocycles. The van der Waals surface area contributed by atoms with Gasteiger partial charge in [0.15, 0.2) is 11.8 Å². The van der Waals surface area contributed by atoms with Gasteiger partial charge in [-0.25, -0.2) is 9.98 Å². The Morgan fingerprint density at radius 3 is 1.91 bits per heavy atom. The van der Waals surface area contributed by atoms with Gasteiger partial charge in [-0.15, -0.1) is 0 Å². The first-order valence-corrected chi connectivity index (χ1v) is 8.65. The van der Waals surface area contributed by atoms with Crippen molar-refractivity contribution in [1.82, 2.24) is 0 Å². The number of ether oxygens (including phenoxy) is 2. The summed E-state index contributed by atoms with van der Waals surface area (Å²) in [5.41, 5.74) is -0.519. The van der Waals surface area contributed by atoms with Crippen LogP contribution in [0.25, 0.3) is 0 Å². The molecule has 0 fully saturated rings. The third kappa shape index (κ3) is 3.11. The average Bonchev–Trinajstić information content (AvgIpc) is 3.13. The molecule has 0 radical (unpaired) electrons. The molecule has 0 bridgehead atoms. The Hall–Kier alpha value is -1.14. The molecule has 132 valence electrons. The van der Waals surface area contributed by atoms with E-state index in [4.69, 9.17) is 9.47 Å². The van der Waals surface area contributed by atoms with E-state index in [1.807, 2.05) is 6.92 Å². The number of rotatable bonds is 7. The predicted molar refractivity (Wildman–Crippen MR) is 89.9 cm³/mol. The number of nitrogens with zero attached hydrogens (tertiary/aromatic N) is 2. The van der Waals surface area contributed by atoms with Crippen LogP contribution in [0, 0.1) is 11.3 Å². The summed E-state index contributed by atoms with van der Waals surface area (Å²) in [5.74, 6) is 1.48. The Kier molecular flexibility index (Phi) is 5.68. The van der Waals surface area contributed by atoms with Crippen LogP contribution < -0.4 is 0 Å². The van der Waals surface area contributed by atoms with Gasteiger partial charge in [0.2, 0.25) is 0 Å². The first-order valence-electron chi connectivity index (χ1n) is 8.65. The smallest absolute Gasteiger partial charge is 0.200 e. The Bertz CT molecular complexity index is 471. The monoisotopic (exact) mass is 326 g/mol. The molecule has 4 atom stereocenters. The van der Waals surface area contributed by atoms with Gasteiger partial charge >= 0.3 is 0 Å². The summed E-state index contributed by atoms with van der Waals surface area (Å²) in [5, 5.41) is 19.1. The molecule has 2 rings (SSSR count). The molecule has 0 aromatic carbocycles. The van der Waals surface area contributed by atoms with Crippen LogP contribution >= 0.6 is 0 Å². The first kappa shape index (κ1) is 18.2. The number of aliphatic hydroxyl groups is 2. The SMILES string of the molecule is CCC(CC)(C1=NC(CO)C(C)O1)C1=NC(CO)C(C(C)C)O1. The normalized spacial score (nSPS) is 31.0. The molecule has 6 nitrogen and oxygen atoms in total. The lowest BCUT2D eigenvalue weighted by Crippen LogP contribution is -2.41. The fourth-order valence-electron chi connectivity index (χ4n) is 3.34. The average molecular weight is 326 g/mol. The highest BCUT2D eigenvalue weighted by Crippen LogP contribution is 2.39. The third-order valence-corrected chi connectivity index (χ3v) is 5.09. The quantitative estimate of drug-likeness (QED) is 0.747. The lowest BCUT2D eigenvalue weighted by Gasteiger charge is -2.31. The number of aliphatic hydroxyl groups excluding tert-OH is 2. The third-order valence-electron chi connectivity index (χ3n) is 5.09. The van der Waals surface area contributed by atoms with E-state index in [2.05, 4.69) is 37.7 Å². The molecule has 0 aromatic rings. The molecule has 2 aliphatic rings. The molecule has 23 heavy (non-hydrogen) atoms. The van der Waals surface area contributed by atoms with E-state index in [0.29, 0.717) is 11.8 Å². The van der Waals surface area contributed by atoms with Crippen molar-refractivity contribution in [1.29, 1.82) is 0 Å². The van der Waals surface area contributed by atoms with Gasteiger partial charge in [-0.05, 0) is 25.7 Å². The van der Waals surface area contributed by atoms with Gasteiger partial charge in [0, 0.05) is 0 Å². The van der Waals surface area contributed by atoms with Crippen molar-refractivity contribution in [2.24, 2.45) is 21.3 Å². The first-order chi connectivity index (χ1) is 10.9. The summed E-state index contributed by atoms with van der Waals surface area (Å²) in [7, 11) is 0. The van der Waals surface area contributed by atoms with Crippen LogP contribution in [0.3, 0.4) is 0 Å². The molecule has 2 aliphatic heterocycles. The van der Waals surface area contributed by atoms with Crippen LogP contribution in [-0.2, 0) is 9.47 Å². The highest BCUT2D eigenvalue weighted by Gasteiger charge is 2.49. The van der Waals surface area contributed by atoms with Crippen LogP contribution in [0.15, 0.2) is 9.98 Å². The minimum Gasteiger partial charge on any atom is -0.475 e. The van der Waals surface area contributed by atoms with Crippen molar-refractivity contribution in [2.45, 2.75) is 71.8 Å². The van der Waals surface area contributed by atoms with Gasteiger partial charge in [0.05, 0.1) is 13.2 Å². The van der Waals surface area contributed by atoms with Gasteiger partial charge in [0.1, 0.15) is 29.7 Å². The van der Waals surface area contributed by atoms with E-state index in [1.165, 1.54) is 0 Å². The summed E-state index contributed by atoms with van der Waals surface area (Å²) < 4.78 is 12.1. The topological polar surface area (TPSA) is 83.6 Å². The molecule has 0 amide bonds. The van der Waals surface area contributed by atoms with Crippen LogP contribution in [0.4, 0.5) is 0 Å². The predicted octanol–water partition coefficient (Wildman–Crippen LogP) is 1.79. The standard InChI is InChI=1S/C17H30N2O4/c1-6-17(7-2,15-18-12(8-20)11(5)22-15)16-19-13(9-21)14(23-16)10(3)4/h10-14,20-21H,6-9H2,1-5H3. The summed E-state index contributed by atoms with van der Waals surface area (Å²) in [6.45, 7) is 10.1. The lowest BCUT2D eigenvalue weighted by atomic mass is 9.81. The zero-order valence-corrected chi connectivity index (χ0v) is 14.8. The summed E-state index contributed by atoms with van der Waals surface area (Å²) in [4.78, 5) is 9.25. The van der Waals surface area contributed by atoms with Crippen molar-refractivity contribution < 1.29 is 19.7 Å². The molecular weight excluding hydrogens is 296 g/mol. The van der Waals surface area contributed by atoms with Crippen molar-refractivity contribution in [2.75, 3.05) is 13.2 Å². The highest BCUT2D eigenvalue weighted by atomic mass is 16.5. The molecule has 0 aromatic heterocycles. The number of aliphatic imine (C=N–C) groups is 2. The highest BCUT2D eigenvalue weighted by molar-refractivity contribution is 6.06. The zero-order valence-electron chi connectivity index (χ0n) is 14.8. The molecule has 0 saturated heterocycles. The Balaban J connectivity index is 2.35. The molecular formula is C17H30N2O4. The van der Waals surface area contributed by atoms with Gasteiger partial charge in [-0.2, -0.15) is 0 Å². The van der Waals surface area contributed by atoms with Gasteiger partial charge < -0.3 is 19.7 Å². The van der Waals surface area contributed by atoms with E-state index >= 15 is 0 Å². The number of hydrogen-bond acceptors (Lipinski definition) is 6. The minimum absolute atomic E-state index is 0.0289. The summed E-state index contributed by atoms with van der Waals surface area (Å²) in [6.07, 6.45) is 1.22. The van der Waals surface area contributed by atoms with Crippen LogP contribution in [0.5, 0.6) is 0 Å². The second-order valence-electron chi connectivity index (χ2n) is 6.81. The van der Waals surface area contributed by atoms with Crippen molar-refractivity contribution >= 4 is 11.8 Å². The molecule has 2 N–H and O–H groups in total. The van der Waals surface area contributed by atoms with Gasteiger partial charge in [-0.3, -0.25) is 0 Å².